The highest BCUT2D eigenvalue weighted by Crippen LogP contribution is 2.28. The highest BCUT2D eigenvalue weighted by Gasteiger charge is 2.13. The van der Waals surface area contributed by atoms with E-state index in [1.165, 1.54) is 0 Å². The summed E-state index contributed by atoms with van der Waals surface area (Å²) < 4.78 is 10.9. The van der Waals surface area contributed by atoms with Gasteiger partial charge >= 0.3 is 0 Å². The summed E-state index contributed by atoms with van der Waals surface area (Å²) in [6.07, 6.45) is -0.660. The largest absolute Gasteiger partial charge is 0.496 e. The van der Waals surface area contributed by atoms with E-state index in [-0.39, 0.29) is 6.61 Å². The highest BCUT2D eigenvalue weighted by molar-refractivity contribution is 9.10. The first kappa shape index (κ1) is 11.5. The Kier molecular flexibility index (Phi) is 4.38. The number of aliphatic hydroxyl groups is 1. The Labute approximate surface area is 91.8 Å². The van der Waals surface area contributed by atoms with E-state index in [1.807, 2.05) is 12.1 Å². The normalized spacial score (nSPS) is 12.6. The number of halogens is 1. The second-order valence-electron chi connectivity index (χ2n) is 2.86. The number of methoxy groups -OCH3 is 2. The van der Waals surface area contributed by atoms with Crippen LogP contribution in [0.4, 0.5) is 0 Å². The zero-order valence-electron chi connectivity index (χ0n) is 8.16. The van der Waals surface area contributed by atoms with Gasteiger partial charge in [-0.25, -0.2) is 0 Å². The minimum absolute atomic E-state index is 0.257. The molecule has 1 N–H and O–H groups in total. The molecule has 0 aliphatic heterocycles. The zero-order chi connectivity index (χ0) is 10.6. The molecule has 3 nitrogen and oxygen atoms in total. The zero-order valence-corrected chi connectivity index (χ0v) is 9.74. The second-order valence-corrected chi connectivity index (χ2v) is 3.77. The lowest BCUT2D eigenvalue weighted by Crippen LogP contribution is -2.06. The number of ether oxygens (including phenoxy) is 2. The molecular formula is C10H13BrO3. The van der Waals surface area contributed by atoms with Crippen molar-refractivity contribution in [1.29, 1.82) is 0 Å². The number of hydrogen-bond donors (Lipinski definition) is 1. The van der Waals surface area contributed by atoms with Crippen molar-refractivity contribution in [2.45, 2.75) is 6.10 Å². The topological polar surface area (TPSA) is 38.7 Å². The number of aliphatic hydroxyl groups excluding tert-OH is 1. The van der Waals surface area contributed by atoms with Gasteiger partial charge in [-0.3, -0.25) is 0 Å². The molecule has 1 atom stereocenters. The van der Waals surface area contributed by atoms with Crippen LogP contribution < -0.4 is 4.74 Å². The molecule has 14 heavy (non-hydrogen) atoms. The van der Waals surface area contributed by atoms with Crippen molar-refractivity contribution in [3.8, 4) is 5.75 Å². The first-order valence-corrected chi connectivity index (χ1v) is 4.98. The summed E-state index contributed by atoms with van der Waals surface area (Å²) in [5.41, 5.74) is 0.726. The average molecular weight is 261 g/mol. The van der Waals surface area contributed by atoms with Crippen LogP contribution in [0.25, 0.3) is 0 Å². The van der Waals surface area contributed by atoms with Gasteiger partial charge < -0.3 is 14.6 Å². The predicted octanol–water partition coefficient (Wildman–Crippen LogP) is 2.14. The van der Waals surface area contributed by atoms with Crippen molar-refractivity contribution < 1.29 is 14.6 Å². The molecule has 0 saturated heterocycles. The van der Waals surface area contributed by atoms with Crippen LogP contribution in [0.5, 0.6) is 5.75 Å². The van der Waals surface area contributed by atoms with Crippen LogP contribution in [-0.4, -0.2) is 25.9 Å². The molecule has 1 unspecified atom stereocenters. The van der Waals surface area contributed by atoms with Gasteiger partial charge in [0.15, 0.2) is 0 Å². The van der Waals surface area contributed by atoms with Gasteiger partial charge in [0.1, 0.15) is 11.9 Å². The van der Waals surface area contributed by atoms with Crippen molar-refractivity contribution in [2.24, 2.45) is 0 Å². The van der Waals surface area contributed by atoms with Gasteiger partial charge in [0.25, 0.3) is 0 Å². The average Bonchev–Trinajstić information content (AvgIpc) is 2.18. The maximum absolute atomic E-state index is 9.73. The van der Waals surface area contributed by atoms with Crippen LogP contribution in [0.3, 0.4) is 0 Å². The van der Waals surface area contributed by atoms with Crippen LogP contribution in [0.15, 0.2) is 22.7 Å². The molecule has 0 bridgehead atoms. The molecule has 1 aromatic rings. The van der Waals surface area contributed by atoms with Gasteiger partial charge in [-0.15, -0.1) is 0 Å². The Hall–Kier alpha value is -0.580. The maximum atomic E-state index is 9.73. The standard InChI is InChI=1S/C10H13BrO3/c1-13-6-9(12)8-5-7(11)3-4-10(8)14-2/h3-5,9,12H,6H2,1-2H3. The molecule has 0 aliphatic rings. The van der Waals surface area contributed by atoms with Gasteiger partial charge in [0, 0.05) is 17.1 Å². The molecule has 78 valence electrons. The molecule has 1 aromatic carbocycles. The summed E-state index contributed by atoms with van der Waals surface area (Å²) in [5, 5.41) is 9.73. The van der Waals surface area contributed by atoms with E-state index in [4.69, 9.17) is 9.47 Å². The van der Waals surface area contributed by atoms with E-state index in [1.54, 1.807) is 20.3 Å². The molecule has 0 fully saturated rings. The van der Waals surface area contributed by atoms with Gasteiger partial charge in [0.2, 0.25) is 0 Å². The fraction of sp³-hybridized carbons (Fsp3) is 0.400. The predicted molar refractivity (Wildman–Crippen MR) is 57.5 cm³/mol. The molecule has 0 heterocycles. The lowest BCUT2D eigenvalue weighted by Gasteiger charge is -2.14. The summed E-state index contributed by atoms with van der Waals surface area (Å²) >= 11 is 3.34. The van der Waals surface area contributed by atoms with Gasteiger partial charge in [-0.1, -0.05) is 15.9 Å². The van der Waals surface area contributed by atoms with E-state index in [9.17, 15) is 5.11 Å². The third-order valence-electron chi connectivity index (χ3n) is 1.88. The van der Waals surface area contributed by atoms with Crippen molar-refractivity contribution in [3.05, 3.63) is 28.2 Å². The summed E-state index contributed by atoms with van der Waals surface area (Å²) in [4.78, 5) is 0. The summed E-state index contributed by atoms with van der Waals surface area (Å²) in [6.45, 7) is 0.257. The maximum Gasteiger partial charge on any atom is 0.124 e. The summed E-state index contributed by atoms with van der Waals surface area (Å²) in [7, 11) is 3.12. The van der Waals surface area contributed by atoms with Gasteiger partial charge in [-0.05, 0) is 18.2 Å². The fourth-order valence-electron chi connectivity index (χ4n) is 1.21. The second kappa shape index (κ2) is 5.34. The van der Waals surface area contributed by atoms with Crippen LogP contribution >= 0.6 is 15.9 Å². The van der Waals surface area contributed by atoms with Gasteiger partial charge in [0.05, 0.1) is 13.7 Å². The van der Waals surface area contributed by atoms with Crippen LogP contribution in [0.2, 0.25) is 0 Å². The number of benzene rings is 1. The Bertz CT molecular complexity index is 301. The molecular weight excluding hydrogens is 248 g/mol. The summed E-state index contributed by atoms with van der Waals surface area (Å²) in [5.74, 6) is 0.665. The molecule has 0 radical (unpaired) electrons. The minimum atomic E-state index is -0.660. The molecule has 0 amide bonds. The third-order valence-corrected chi connectivity index (χ3v) is 2.37. The lowest BCUT2D eigenvalue weighted by atomic mass is 10.1. The first-order chi connectivity index (χ1) is 6.69. The SMILES string of the molecule is COCC(O)c1cc(Br)ccc1OC. The van der Waals surface area contributed by atoms with Crippen molar-refractivity contribution >= 4 is 15.9 Å². The highest BCUT2D eigenvalue weighted by atomic mass is 79.9. The van der Waals surface area contributed by atoms with E-state index >= 15 is 0 Å². The van der Waals surface area contributed by atoms with Crippen LogP contribution in [0.1, 0.15) is 11.7 Å². The van der Waals surface area contributed by atoms with E-state index in [0.29, 0.717) is 5.75 Å². The van der Waals surface area contributed by atoms with E-state index < -0.39 is 6.10 Å². The molecule has 0 aromatic heterocycles. The molecule has 1 rings (SSSR count). The van der Waals surface area contributed by atoms with Crippen molar-refractivity contribution in [1.82, 2.24) is 0 Å². The number of rotatable bonds is 4. The first-order valence-electron chi connectivity index (χ1n) is 4.19. The minimum Gasteiger partial charge on any atom is -0.496 e. The Morgan fingerprint density at radius 1 is 1.43 bits per heavy atom. The Morgan fingerprint density at radius 2 is 2.14 bits per heavy atom. The third kappa shape index (κ3) is 2.70. The lowest BCUT2D eigenvalue weighted by molar-refractivity contribution is 0.0627. The molecule has 0 spiro atoms. The van der Waals surface area contributed by atoms with Gasteiger partial charge in [-0.2, -0.15) is 0 Å². The monoisotopic (exact) mass is 260 g/mol. The Morgan fingerprint density at radius 3 is 2.71 bits per heavy atom. The summed E-state index contributed by atoms with van der Waals surface area (Å²) in [6, 6.07) is 5.49. The molecule has 0 saturated carbocycles. The van der Waals surface area contributed by atoms with E-state index in [2.05, 4.69) is 15.9 Å². The van der Waals surface area contributed by atoms with E-state index in [0.717, 1.165) is 10.0 Å². The van der Waals surface area contributed by atoms with Crippen molar-refractivity contribution in [3.63, 3.8) is 0 Å². The number of hydrogen-bond acceptors (Lipinski definition) is 3. The quantitative estimate of drug-likeness (QED) is 0.902. The van der Waals surface area contributed by atoms with Crippen LogP contribution in [0, 0.1) is 0 Å². The van der Waals surface area contributed by atoms with Crippen LogP contribution in [-0.2, 0) is 4.74 Å². The van der Waals surface area contributed by atoms with Crippen molar-refractivity contribution in [2.75, 3.05) is 20.8 Å². The fourth-order valence-corrected chi connectivity index (χ4v) is 1.59. The molecule has 0 aliphatic carbocycles. The Balaban J connectivity index is 2.97. The molecule has 4 heteroatoms. The smallest absolute Gasteiger partial charge is 0.124 e.